The van der Waals surface area contributed by atoms with Crippen LogP contribution in [0.2, 0.25) is 0 Å². The van der Waals surface area contributed by atoms with Crippen LogP contribution in [0, 0.1) is 17.5 Å². The Morgan fingerprint density at radius 2 is 1.58 bits per heavy atom. The molecule has 0 saturated heterocycles. The van der Waals surface area contributed by atoms with Gasteiger partial charge in [0.25, 0.3) is 5.91 Å². The second kappa shape index (κ2) is 5.14. The molecule has 2 aromatic rings. The number of benzene rings is 2. The molecule has 0 spiro atoms. The fourth-order valence-corrected chi connectivity index (χ4v) is 1.64. The SMILES string of the molecule is CN(C(=O)c1ccc(F)c(F)c1F)c1ccccc1. The molecule has 0 fully saturated rings. The molecule has 5 heteroatoms. The molecule has 0 aliphatic heterocycles. The standard InChI is InChI=1S/C14H10F3NO/c1-18(9-5-3-2-4-6-9)14(19)10-7-8-11(15)13(17)12(10)16/h2-8H,1H3. The van der Waals surface area contributed by atoms with E-state index in [1.165, 1.54) is 7.05 Å². The Morgan fingerprint density at radius 1 is 0.947 bits per heavy atom. The summed E-state index contributed by atoms with van der Waals surface area (Å²) in [4.78, 5) is 13.2. The lowest BCUT2D eigenvalue weighted by Crippen LogP contribution is -2.27. The number of halogens is 3. The minimum Gasteiger partial charge on any atom is -0.311 e. The smallest absolute Gasteiger partial charge is 0.261 e. The maximum absolute atomic E-state index is 13.5. The predicted octanol–water partition coefficient (Wildman–Crippen LogP) is 3.38. The van der Waals surface area contributed by atoms with Crippen LogP contribution in [-0.4, -0.2) is 13.0 Å². The molecule has 2 nitrogen and oxygen atoms in total. The normalized spacial score (nSPS) is 10.3. The summed E-state index contributed by atoms with van der Waals surface area (Å²) >= 11 is 0. The molecule has 2 aromatic carbocycles. The van der Waals surface area contributed by atoms with Gasteiger partial charge in [0, 0.05) is 12.7 Å². The van der Waals surface area contributed by atoms with Crippen molar-refractivity contribution < 1.29 is 18.0 Å². The van der Waals surface area contributed by atoms with Crippen molar-refractivity contribution in [3.8, 4) is 0 Å². The third-order valence-corrected chi connectivity index (χ3v) is 2.71. The number of hydrogen-bond donors (Lipinski definition) is 0. The largest absolute Gasteiger partial charge is 0.311 e. The molecule has 0 aliphatic carbocycles. The number of carbonyl (C=O) groups is 1. The van der Waals surface area contributed by atoms with Crippen LogP contribution in [0.15, 0.2) is 42.5 Å². The van der Waals surface area contributed by atoms with Crippen molar-refractivity contribution in [2.24, 2.45) is 0 Å². The van der Waals surface area contributed by atoms with Gasteiger partial charge in [0.15, 0.2) is 17.5 Å². The quantitative estimate of drug-likeness (QED) is 0.762. The van der Waals surface area contributed by atoms with Gasteiger partial charge >= 0.3 is 0 Å². The Hall–Kier alpha value is -2.30. The van der Waals surface area contributed by atoms with E-state index in [0.717, 1.165) is 17.0 Å². The molecule has 0 saturated carbocycles. The van der Waals surface area contributed by atoms with E-state index in [1.807, 2.05) is 0 Å². The Labute approximate surface area is 108 Å². The molecule has 19 heavy (non-hydrogen) atoms. The van der Waals surface area contributed by atoms with Crippen molar-refractivity contribution >= 4 is 11.6 Å². The first kappa shape index (κ1) is 13.1. The zero-order valence-electron chi connectivity index (χ0n) is 10.0. The number of para-hydroxylation sites is 1. The minimum atomic E-state index is -1.65. The van der Waals surface area contributed by atoms with Gasteiger partial charge in [0.2, 0.25) is 0 Å². The topological polar surface area (TPSA) is 20.3 Å². The molecule has 2 rings (SSSR count). The van der Waals surface area contributed by atoms with Crippen molar-refractivity contribution in [1.29, 1.82) is 0 Å². The number of anilines is 1. The van der Waals surface area contributed by atoms with Crippen LogP contribution in [-0.2, 0) is 0 Å². The van der Waals surface area contributed by atoms with Crippen molar-refractivity contribution in [3.05, 3.63) is 65.5 Å². The number of amides is 1. The number of hydrogen-bond acceptors (Lipinski definition) is 1. The van der Waals surface area contributed by atoms with E-state index in [-0.39, 0.29) is 0 Å². The van der Waals surface area contributed by atoms with Crippen LogP contribution in [0.5, 0.6) is 0 Å². The highest BCUT2D eigenvalue weighted by Crippen LogP contribution is 2.19. The van der Waals surface area contributed by atoms with Crippen LogP contribution in [0.1, 0.15) is 10.4 Å². The van der Waals surface area contributed by atoms with Gasteiger partial charge in [-0.3, -0.25) is 4.79 Å². The summed E-state index contributed by atoms with van der Waals surface area (Å²) in [5.41, 5.74) is 0.0156. The fourth-order valence-electron chi connectivity index (χ4n) is 1.64. The molecular weight excluding hydrogens is 255 g/mol. The molecule has 0 bridgehead atoms. The summed E-state index contributed by atoms with van der Waals surface area (Å²) < 4.78 is 39.4. The Bertz CT molecular complexity index is 614. The lowest BCUT2D eigenvalue weighted by molar-refractivity contribution is 0.0988. The minimum absolute atomic E-state index is 0.509. The van der Waals surface area contributed by atoms with Crippen molar-refractivity contribution in [3.63, 3.8) is 0 Å². The third kappa shape index (κ3) is 2.45. The number of rotatable bonds is 2. The van der Waals surface area contributed by atoms with Crippen molar-refractivity contribution in [2.45, 2.75) is 0 Å². The lowest BCUT2D eigenvalue weighted by Gasteiger charge is -2.17. The average Bonchev–Trinajstić information content (AvgIpc) is 2.44. The number of carbonyl (C=O) groups excluding carboxylic acids is 1. The molecular formula is C14H10F3NO. The molecule has 0 radical (unpaired) electrons. The van der Waals surface area contributed by atoms with Gasteiger partial charge in [-0.25, -0.2) is 13.2 Å². The first-order valence-electron chi connectivity index (χ1n) is 5.49. The van der Waals surface area contributed by atoms with Crippen LogP contribution in [0.3, 0.4) is 0 Å². The fraction of sp³-hybridized carbons (Fsp3) is 0.0714. The van der Waals surface area contributed by atoms with Gasteiger partial charge in [0.05, 0.1) is 5.56 Å². The van der Waals surface area contributed by atoms with Gasteiger partial charge in [-0.2, -0.15) is 0 Å². The monoisotopic (exact) mass is 265 g/mol. The van der Waals surface area contributed by atoms with E-state index < -0.39 is 28.9 Å². The summed E-state index contributed by atoms with van der Waals surface area (Å²) in [6.45, 7) is 0. The highest BCUT2D eigenvalue weighted by molar-refractivity contribution is 6.05. The summed E-state index contributed by atoms with van der Waals surface area (Å²) in [6, 6.07) is 10.1. The average molecular weight is 265 g/mol. The summed E-state index contributed by atoms with van der Waals surface area (Å²) in [5.74, 6) is -5.20. The summed E-state index contributed by atoms with van der Waals surface area (Å²) in [5, 5.41) is 0. The van der Waals surface area contributed by atoms with Crippen LogP contribution in [0.25, 0.3) is 0 Å². The zero-order chi connectivity index (χ0) is 14.0. The zero-order valence-corrected chi connectivity index (χ0v) is 10.0. The van der Waals surface area contributed by atoms with E-state index in [9.17, 15) is 18.0 Å². The predicted molar refractivity (Wildman–Crippen MR) is 65.5 cm³/mol. The first-order valence-corrected chi connectivity index (χ1v) is 5.49. The molecule has 0 unspecified atom stereocenters. The molecule has 98 valence electrons. The molecule has 0 atom stereocenters. The van der Waals surface area contributed by atoms with Crippen LogP contribution in [0.4, 0.5) is 18.9 Å². The Kier molecular flexibility index (Phi) is 3.55. The van der Waals surface area contributed by atoms with E-state index in [4.69, 9.17) is 0 Å². The van der Waals surface area contributed by atoms with E-state index >= 15 is 0 Å². The molecule has 1 amide bonds. The lowest BCUT2D eigenvalue weighted by atomic mass is 10.1. The maximum Gasteiger partial charge on any atom is 0.261 e. The Balaban J connectivity index is 2.38. The Morgan fingerprint density at radius 3 is 2.21 bits per heavy atom. The molecule has 0 aliphatic rings. The van der Waals surface area contributed by atoms with E-state index in [0.29, 0.717) is 5.69 Å². The maximum atomic E-state index is 13.5. The molecule has 0 heterocycles. The van der Waals surface area contributed by atoms with Crippen LogP contribution >= 0.6 is 0 Å². The highest BCUT2D eigenvalue weighted by atomic mass is 19.2. The van der Waals surface area contributed by atoms with Gasteiger partial charge in [-0.05, 0) is 24.3 Å². The highest BCUT2D eigenvalue weighted by Gasteiger charge is 2.21. The molecule has 0 N–H and O–H groups in total. The summed E-state index contributed by atoms with van der Waals surface area (Å²) in [7, 11) is 1.43. The van der Waals surface area contributed by atoms with Gasteiger partial charge in [0.1, 0.15) is 0 Å². The van der Waals surface area contributed by atoms with Gasteiger partial charge in [-0.15, -0.1) is 0 Å². The van der Waals surface area contributed by atoms with Crippen LogP contribution < -0.4 is 4.90 Å². The first-order chi connectivity index (χ1) is 9.02. The van der Waals surface area contributed by atoms with Gasteiger partial charge < -0.3 is 4.90 Å². The second-order valence-electron chi connectivity index (χ2n) is 3.92. The summed E-state index contributed by atoms with van der Waals surface area (Å²) in [6.07, 6.45) is 0. The van der Waals surface area contributed by atoms with Crippen molar-refractivity contribution in [1.82, 2.24) is 0 Å². The van der Waals surface area contributed by atoms with Crippen molar-refractivity contribution in [2.75, 3.05) is 11.9 Å². The van der Waals surface area contributed by atoms with E-state index in [2.05, 4.69) is 0 Å². The number of nitrogens with zero attached hydrogens (tertiary/aromatic N) is 1. The molecule has 0 aromatic heterocycles. The third-order valence-electron chi connectivity index (χ3n) is 2.71. The second-order valence-corrected chi connectivity index (χ2v) is 3.92. The van der Waals surface area contributed by atoms with Gasteiger partial charge in [-0.1, -0.05) is 18.2 Å². The van der Waals surface area contributed by atoms with E-state index in [1.54, 1.807) is 30.3 Å².